The molecular weight excluding hydrogens is 342 g/mol. The van der Waals surface area contributed by atoms with E-state index in [0.29, 0.717) is 16.9 Å². The Hall–Kier alpha value is -3.22. The number of carbonyl (C=O) groups is 1. The molecule has 0 unspecified atom stereocenters. The third-order valence-corrected chi connectivity index (χ3v) is 3.79. The number of carboxylic acid groups (broad SMARTS) is 1. The first-order valence-corrected chi connectivity index (χ1v) is 7.84. The van der Waals surface area contributed by atoms with Gasteiger partial charge in [0, 0.05) is 17.5 Å². The van der Waals surface area contributed by atoms with Gasteiger partial charge in [0.25, 0.3) is 5.92 Å². The summed E-state index contributed by atoms with van der Waals surface area (Å²) < 4.78 is 29.6. The molecule has 0 atom stereocenters. The second-order valence-electron chi connectivity index (χ2n) is 5.66. The van der Waals surface area contributed by atoms with E-state index < -0.39 is 24.9 Å². The van der Waals surface area contributed by atoms with E-state index in [1.807, 2.05) is 6.07 Å². The lowest BCUT2D eigenvalue weighted by Crippen LogP contribution is -2.20. The van der Waals surface area contributed by atoms with Gasteiger partial charge in [-0.25, -0.2) is 18.6 Å². The maximum Gasteiger partial charge on any atom is 0.344 e. The van der Waals surface area contributed by atoms with Crippen LogP contribution in [0.3, 0.4) is 0 Å². The van der Waals surface area contributed by atoms with E-state index >= 15 is 0 Å². The number of carboxylic acids is 1. The maximum atomic E-state index is 14.2. The van der Waals surface area contributed by atoms with Crippen LogP contribution in [0.2, 0.25) is 0 Å². The molecule has 3 rings (SSSR count). The first-order chi connectivity index (χ1) is 12.4. The molecule has 134 valence electrons. The highest BCUT2D eigenvalue weighted by Crippen LogP contribution is 2.34. The number of hydrogen-bond donors (Lipinski definition) is 1. The normalized spacial score (nSPS) is 11.5. The largest absolute Gasteiger partial charge is 0.479 e. The van der Waals surface area contributed by atoms with E-state index in [1.165, 1.54) is 22.9 Å². The molecule has 0 fully saturated rings. The van der Waals surface area contributed by atoms with E-state index in [0.717, 1.165) is 6.08 Å². The number of aliphatic carboxylic acids is 1. The highest BCUT2D eigenvalue weighted by molar-refractivity contribution is 5.81. The van der Waals surface area contributed by atoms with Gasteiger partial charge in [-0.05, 0) is 12.1 Å². The summed E-state index contributed by atoms with van der Waals surface area (Å²) in [5, 5.41) is 8.91. The molecule has 0 spiro atoms. The van der Waals surface area contributed by atoms with Crippen LogP contribution in [0.15, 0.2) is 61.2 Å². The zero-order valence-corrected chi connectivity index (χ0v) is 13.7. The van der Waals surface area contributed by atoms with Gasteiger partial charge in [-0.3, -0.25) is 0 Å². The quantitative estimate of drug-likeness (QED) is 0.651. The van der Waals surface area contributed by atoms with Gasteiger partial charge in [-0.15, -0.1) is 6.58 Å². The molecule has 1 N–H and O–H groups in total. The molecule has 3 aromatic rings. The third kappa shape index (κ3) is 3.42. The minimum Gasteiger partial charge on any atom is -0.479 e. The number of halogens is 2. The van der Waals surface area contributed by atoms with Crippen LogP contribution in [-0.2, 0) is 10.7 Å². The van der Waals surface area contributed by atoms with Gasteiger partial charge in [0.05, 0.1) is 5.52 Å². The summed E-state index contributed by atoms with van der Waals surface area (Å²) in [4.78, 5) is 20.6. The van der Waals surface area contributed by atoms with Crippen LogP contribution < -0.4 is 4.84 Å². The molecule has 5 nitrogen and oxygen atoms in total. The molecule has 0 aliphatic heterocycles. The molecule has 7 heteroatoms. The summed E-state index contributed by atoms with van der Waals surface area (Å²) in [5.41, 5.74) is 1.15. The Labute approximate surface area is 148 Å². The number of aromatic nitrogens is 2. The fourth-order valence-electron chi connectivity index (χ4n) is 2.60. The van der Waals surface area contributed by atoms with Crippen LogP contribution in [0.1, 0.15) is 12.0 Å². The molecule has 0 aliphatic carbocycles. The summed E-state index contributed by atoms with van der Waals surface area (Å²) in [6.07, 6.45) is 0.645. The minimum absolute atomic E-state index is 0.218. The van der Waals surface area contributed by atoms with Gasteiger partial charge < -0.3 is 9.94 Å². The molecule has 1 aromatic heterocycles. The summed E-state index contributed by atoms with van der Waals surface area (Å²) in [7, 11) is 0. The van der Waals surface area contributed by atoms with Crippen molar-refractivity contribution in [2.45, 2.75) is 12.3 Å². The molecule has 0 amide bonds. The molecule has 2 aromatic carbocycles. The maximum absolute atomic E-state index is 14.2. The summed E-state index contributed by atoms with van der Waals surface area (Å²) in [6, 6.07) is 13.0. The Balaban J connectivity index is 2.17. The third-order valence-electron chi connectivity index (χ3n) is 3.79. The SMILES string of the molecule is C=CCC(F)(F)c1ccc2nc(-c3ccccc3)n(OCC(=O)O)c2c1. The van der Waals surface area contributed by atoms with Crippen molar-refractivity contribution in [3.63, 3.8) is 0 Å². The van der Waals surface area contributed by atoms with Crippen LogP contribution >= 0.6 is 0 Å². The molecule has 0 aliphatic rings. The Morgan fingerprint density at radius 2 is 2.00 bits per heavy atom. The number of fused-ring (bicyclic) bond motifs is 1. The van der Waals surface area contributed by atoms with Crippen LogP contribution in [0.25, 0.3) is 22.4 Å². The standard InChI is InChI=1S/C19H16F2N2O3/c1-2-10-19(20,21)14-8-9-15-16(11-14)23(26-12-17(24)25)18(22-15)13-6-4-3-5-7-13/h2-9,11H,1,10,12H2,(H,24,25). The molecule has 0 saturated carbocycles. The Bertz CT molecular complexity index is 952. The monoisotopic (exact) mass is 358 g/mol. The molecule has 0 radical (unpaired) electrons. The second-order valence-corrected chi connectivity index (χ2v) is 5.66. The topological polar surface area (TPSA) is 64.4 Å². The van der Waals surface area contributed by atoms with Crippen molar-refractivity contribution in [2.24, 2.45) is 0 Å². The Morgan fingerprint density at radius 1 is 1.27 bits per heavy atom. The lowest BCUT2D eigenvalue weighted by atomic mass is 10.1. The fraction of sp³-hybridized carbons (Fsp3) is 0.158. The lowest BCUT2D eigenvalue weighted by Gasteiger charge is -2.15. The predicted octanol–water partition coefficient (Wildman–Crippen LogP) is 3.88. The van der Waals surface area contributed by atoms with Gasteiger partial charge >= 0.3 is 5.97 Å². The van der Waals surface area contributed by atoms with Crippen LogP contribution in [-0.4, -0.2) is 27.4 Å². The van der Waals surface area contributed by atoms with Crippen molar-refractivity contribution in [3.05, 3.63) is 66.7 Å². The zero-order chi connectivity index (χ0) is 18.7. The van der Waals surface area contributed by atoms with Gasteiger partial charge in [0.2, 0.25) is 6.61 Å². The first kappa shape index (κ1) is 17.6. The van der Waals surface area contributed by atoms with Gasteiger partial charge in [0.15, 0.2) is 5.82 Å². The van der Waals surface area contributed by atoms with Gasteiger partial charge in [-0.1, -0.05) is 42.5 Å². The minimum atomic E-state index is -3.09. The number of alkyl halides is 2. The molecular formula is C19H16F2N2O3. The summed E-state index contributed by atoms with van der Waals surface area (Å²) in [5.74, 6) is -3.94. The van der Waals surface area contributed by atoms with Crippen molar-refractivity contribution >= 4 is 17.0 Å². The number of allylic oxidation sites excluding steroid dienone is 1. The second kappa shape index (κ2) is 6.95. The van der Waals surface area contributed by atoms with Crippen molar-refractivity contribution < 1.29 is 23.5 Å². The zero-order valence-electron chi connectivity index (χ0n) is 13.7. The van der Waals surface area contributed by atoms with E-state index in [9.17, 15) is 13.6 Å². The van der Waals surface area contributed by atoms with Crippen LogP contribution in [0.4, 0.5) is 8.78 Å². The first-order valence-electron chi connectivity index (χ1n) is 7.84. The average molecular weight is 358 g/mol. The number of rotatable bonds is 7. The van der Waals surface area contributed by atoms with Gasteiger partial charge in [-0.2, -0.15) is 4.73 Å². The van der Waals surface area contributed by atoms with E-state index in [1.54, 1.807) is 24.3 Å². The van der Waals surface area contributed by atoms with Crippen LogP contribution in [0.5, 0.6) is 0 Å². The summed E-state index contributed by atoms with van der Waals surface area (Å²) >= 11 is 0. The van der Waals surface area contributed by atoms with E-state index in [4.69, 9.17) is 9.94 Å². The molecule has 0 bridgehead atoms. The fourth-order valence-corrected chi connectivity index (χ4v) is 2.60. The molecule has 26 heavy (non-hydrogen) atoms. The predicted molar refractivity (Wildman–Crippen MR) is 93.0 cm³/mol. The molecule has 0 saturated heterocycles. The number of nitrogens with zero attached hydrogens (tertiary/aromatic N) is 2. The lowest BCUT2D eigenvalue weighted by molar-refractivity contribution is -0.142. The Morgan fingerprint density at radius 3 is 2.65 bits per heavy atom. The number of hydrogen-bond acceptors (Lipinski definition) is 3. The average Bonchev–Trinajstić information content (AvgIpc) is 2.98. The summed E-state index contributed by atoms with van der Waals surface area (Å²) in [6.45, 7) is 2.73. The van der Waals surface area contributed by atoms with E-state index in [2.05, 4.69) is 11.6 Å². The highest BCUT2D eigenvalue weighted by atomic mass is 19.3. The van der Waals surface area contributed by atoms with Crippen molar-refractivity contribution in [1.29, 1.82) is 0 Å². The molecule has 1 heterocycles. The smallest absolute Gasteiger partial charge is 0.344 e. The highest BCUT2D eigenvalue weighted by Gasteiger charge is 2.30. The van der Waals surface area contributed by atoms with Gasteiger partial charge in [0.1, 0.15) is 5.52 Å². The Kier molecular flexibility index (Phi) is 4.71. The number of imidazole rings is 1. The van der Waals surface area contributed by atoms with Crippen LogP contribution in [0, 0.1) is 0 Å². The van der Waals surface area contributed by atoms with Crippen molar-refractivity contribution in [2.75, 3.05) is 6.61 Å². The van der Waals surface area contributed by atoms with Crippen molar-refractivity contribution in [3.8, 4) is 11.4 Å². The number of benzene rings is 2. The van der Waals surface area contributed by atoms with Crippen molar-refractivity contribution in [1.82, 2.24) is 9.71 Å². The van der Waals surface area contributed by atoms with E-state index in [-0.39, 0.29) is 11.1 Å².